The molecule has 1 atom stereocenters. The maximum absolute atomic E-state index is 3.60. The van der Waals surface area contributed by atoms with E-state index in [-0.39, 0.29) is 0 Å². The van der Waals surface area contributed by atoms with Gasteiger partial charge in [-0.05, 0) is 55.2 Å². The average Bonchev–Trinajstić information content (AvgIpc) is 2.81. The van der Waals surface area contributed by atoms with Crippen LogP contribution < -0.4 is 5.32 Å². The molecule has 90 valence electrons. The van der Waals surface area contributed by atoms with Crippen molar-refractivity contribution in [3.63, 3.8) is 0 Å². The number of nitrogens with one attached hydrogen (secondary N) is 1. The van der Waals surface area contributed by atoms with Crippen LogP contribution in [0.5, 0.6) is 0 Å². The van der Waals surface area contributed by atoms with Crippen molar-refractivity contribution in [2.24, 2.45) is 0 Å². The van der Waals surface area contributed by atoms with Crippen LogP contribution in [0.15, 0.2) is 16.8 Å². The quantitative estimate of drug-likeness (QED) is 0.848. The molecule has 1 aliphatic heterocycles. The number of likely N-dealkylation sites (tertiary alicyclic amines) is 1. The van der Waals surface area contributed by atoms with Crippen LogP contribution in [0.25, 0.3) is 0 Å². The van der Waals surface area contributed by atoms with Gasteiger partial charge >= 0.3 is 0 Å². The number of rotatable bonds is 5. The number of nitrogens with zero attached hydrogens (tertiary/aromatic N) is 1. The highest BCUT2D eigenvalue weighted by Crippen LogP contribution is 2.09. The van der Waals surface area contributed by atoms with Crippen LogP contribution in [0.4, 0.5) is 0 Å². The molecule has 3 heteroatoms. The van der Waals surface area contributed by atoms with E-state index in [1.807, 2.05) is 0 Å². The maximum Gasteiger partial charge on any atom is 0.0216 e. The third-order valence-electron chi connectivity index (χ3n) is 3.22. The van der Waals surface area contributed by atoms with Crippen LogP contribution in [0.3, 0.4) is 0 Å². The summed E-state index contributed by atoms with van der Waals surface area (Å²) in [6.07, 6.45) is 4.20. The molecule has 0 spiro atoms. The van der Waals surface area contributed by atoms with Gasteiger partial charge in [0.1, 0.15) is 0 Å². The van der Waals surface area contributed by atoms with Gasteiger partial charge in [0.25, 0.3) is 0 Å². The lowest BCUT2D eigenvalue weighted by atomic mass is 10.1. The summed E-state index contributed by atoms with van der Waals surface area (Å²) < 4.78 is 0. The summed E-state index contributed by atoms with van der Waals surface area (Å²) in [6.45, 7) is 7.10. The summed E-state index contributed by atoms with van der Waals surface area (Å²) in [4.78, 5) is 2.59. The number of hydrogen-bond acceptors (Lipinski definition) is 3. The van der Waals surface area contributed by atoms with Crippen molar-refractivity contribution in [3.05, 3.63) is 22.4 Å². The first-order valence-electron chi connectivity index (χ1n) is 6.31. The largest absolute Gasteiger partial charge is 0.309 e. The van der Waals surface area contributed by atoms with Crippen molar-refractivity contribution in [1.82, 2.24) is 10.2 Å². The van der Waals surface area contributed by atoms with Gasteiger partial charge in [-0.3, -0.25) is 0 Å². The molecule has 0 amide bonds. The SMILES string of the molecule is CC(CN1CCCCC1)NCc1ccsc1. The molecule has 1 saturated heterocycles. The molecule has 1 N–H and O–H groups in total. The van der Waals surface area contributed by atoms with E-state index in [0.717, 1.165) is 6.54 Å². The molecule has 0 radical (unpaired) electrons. The minimum atomic E-state index is 0.595. The normalized spacial score (nSPS) is 19.8. The van der Waals surface area contributed by atoms with E-state index >= 15 is 0 Å². The van der Waals surface area contributed by atoms with Crippen LogP contribution >= 0.6 is 11.3 Å². The summed E-state index contributed by atoms with van der Waals surface area (Å²) in [5.41, 5.74) is 1.41. The Morgan fingerprint density at radius 3 is 2.88 bits per heavy atom. The molecule has 1 aliphatic rings. The summed E-state index contributed by atoms with van der Waals surface area (Å²) in [5, 5.41) is 7.97. The van der Waals surface area contributed by atoms with Crippen LogP contribution in [0.2, 0.25) is 0 Å². The molecule has 2 rings (SSSR count). The monoisotopic (exact) mass is 238 g/mol. The van der Waals surface area contributed by atoms with E-state index in [4.69, 9.17) is 0 Å². The van der Waals surface area contributed by atoms with Gasteiger partial charge in [-0.1, -0.05) is 6.42 Å². The molecule has 0 bridgehead atoms. The lowest BCUT2D eigenvalue weighted by Gasteiger charge is -2.29. The molecule has 0 aromatic carbocycles. The van der Waals surface area contributed by atoms with Crippen molar-refractivity contribution in [2.75, 3.05) is 19.6 Å². The number of thiophene rings is 1. The fourth-order valence-corrected chi connectivity index (χ4v) is 2.95. The molecule has 2 heterocycles. The molecular weight excluding hydrogens is 216 g/mol. The van der Waals surface area contributed by atoms with Crippen molar-refractivity contribution in [2.45, 2.75) is 38.8 Å². The van der Waals surface area contributed by atoms with Gasteiger partial charge < -0.3 is 10.2 Å². The summed E-state index contributed by atoms with van der Waals surface area (Å²) in [5.74, 6) is 0. The first-order valence-corrected chi connectivity index (χ1v) is 7.25. The van der Waals surface area contributed by atoms with Gasteiger partial charge in [-0.25, -0.2) is 0 Å². The smallest absolute Gasteiger partial charge is 0.0216 e. The van der Waals surface area contributed by atoms with E-state index < -0.39 is 0 Å². The van der Waals surface area contributed by atoms with Crippen LogP contribution in [-0.2, 0) is 6.54 Å². The second-order valence-corrected chi connectivity index (χ2v) is 5.55. The van der Waals surface area contributed by atoms with E-state index in [1.54, 1.807) is 11.3 Å². The average molecular weight is 238 g/mol. The second-order valence-electron chi connectivity index (χ2n) is 4.77. The third kappa shape index (κ3) is 3.89. The highest BCUT2D eigenvalue weighted by molar-refractivity contribution is 7.07. The zero-order valence-electron chi connectivity index (χ0n) is 10.1. The van der Waals surface area contributed by atoms with Crippen LogP contribution in [-0.4, -0.2) is 30.6 Å². The van der Waals surface area contributed by atoms with Crippen molar-refractivity contribution in [1.29, 1.82) is 0 Å². The molecular formula is C13H22N2S. The Hall–Kier alpha value is -0.380. The summed E-state index contributed by atoms with van der Waals surface area (Å²) in [6, 6.07) is 2.80. The number of hydrogen-bond donors (Lipinski definition) is 1. The molecule has 1 unspecified atom stereocenters. The second kappa shape index (κ2) is 6.38. The lowest BCUT2D eigenvalue weighted by Crippen LogP contribution is -2.41. The van der Waals surface area contributed by atoms with E-state index in [2.05, 4.69) is 34.0 Å². The van der Waals surface area contributed by atoms with Gasteiger partial charge in [0.15, 0.2) is 0 Å². The van der Waals surface area contributed by atoms with Crippen molar-refractivity contribution >= 4 is 11.3 Å². The Kier molecular flexibility index (Phi) is 4.82. The highest BCUT2D eigenvalue weighted by Gasteiger charge is 2.12. The van der Waals surface area contributed by atoms with Gasteiger partial charge in [-0.15, -0.1) is 0 Å². The Balaban J connectivity index is 1.65. The fraction of sp³-hybridized carbons (Fsp3) is 0.692. The lowest BCUT2D eigenvalue weighted by molar-refractivity contribution is 0.209. The molecule has 1 fully saturated rings. The zero-order valence-corrected chi connectivity index (χ0v) is 10.9. The maximum atomic E-state index is 3.60. The van der Waals surface area contributed by atoms with Gasteiger partial charge in [-0.2, -0.15) is 11.3 Å². The van der Waals surface area contributed by atoms with Gasteiger partial charge in [0.05, 0.1) is 0 Å². The fourth-order valence-electron chi connectivity index (χ4n) is 2.28. The Bertz CT molecular complexity index is 278. The first kappa shape index (κ1) is 12.1. The molecule has 0 aliphatic carbocycles. The first-order chi connectivity index (χ1) is 7.84. The predicted octanol–water partition coefficient (Wildman–Crippen LogP) is 2.71. The molecule has 2 nitrogen and oxygen atoms in total. The summed E-state index contributed by atoms with van der Waals surface area (Å²) in [7, 11) is 0. The third-order valence-corrected chi connectivity index (χ3v) is 3.95. The highest BCUT2D eigenvalue weighted by atomic mass is 32.1. The van der Waals surface area contributed by atoms with Crippen LogP contribution in [0.1, 0.15) is 31.7 Å². The van der Waals surface area contributed by atoms with Crippen LogP contribution in [0, 0.1) is 0 Å². The standard InChI is InChI=1S/C13H22N2S/c1-12(10-15-6-3-2-4-7-15)14-9-13-5-8-16-11-13/h5,8,11-12,14H,2-4,6-7,9-10H2,1H3. The summed E-state index contributed by atoms with van der Waals surface area (Å²) >= 11 is 1.78. The zero-order chi connectivity index (χ0) is 11.2. The molecule has 1 aromatic rings. The van der Waals surface area contributed by atoms with Crippen molar-refractivity contribution < 1.29 is 0 Å². The van der Waals surface area contributed by atoms with E-state index in [0.29, 0.717) is 6.04 Å². The molecule has 16 heavy (non-hydrogen) atoms. The topological polar surface area (TPSA) is 15.3 Å². The Morgan fingerprint density at radius 1 is 1.38 bits per heavy atom. The molecule has 1 aromatic heterocycles. The predicted molar refractivity (Wildman–Crippen MR) is 70.9 cm³/mol. The van der Waals surface area contributed by atoms with E-state index in [1.165, 1.54) is 44.5 Å². The Morgan fingerprint density at radius 2 is 2.19 bits per heavy atom. The van der Waals surface area contributed by atoms with Gasteiger partial charge in [0.2, 0.25) is 0 Å². The van der Waals surface area contributed by atoms with Gasteiger partial charge in [0, 0.05) is 19.1 Å². The van der Waals surface area contributed by atoms with Crippen molar-refractivity contribution in [3.8, 4) is 0 Å². The minimum Gasteiger partial charge on any atom is -0.309 e. The molecule has 0 saturated carbocycles. The number of piperidine rings is 1. The minimum absolute atomic E-state index is 0.595. The Labute approximate surface area is 103 Å². The van der Waals surface area contributed by atoms with E-state index in [9.17, 15) is 0 Å².